The van der Waals surface area contributed by atoms with Gasteiger partial charge in [0.05, 0.1) is 5.69 Å². The summed E-state index contributed by atoms with van der Waals surface area (Å²) < 4.78 is 12.9. The summed E-state index contributed by atoms with van der Waals surface area (Å²) in [6.07, 6.45) is 0.672. The van der Waals surface area contributed by atoms with Crippen molar-refractivity contribution in [1.82, 2.24) is 4.98 Å². The van der Waals surface area contributed by atoms with Crippen LogP contribution < -0.4 is 4.87 Å². The van der Waals surface area contributed by atoms with Crippen molar-refractivity contribution in [1.29, 1.82) is 0 Å². The van der Waals surface area contributed by atoms with Gasteiger partial charge in [-0.25, -0.2) is 4.39 Å². The number of H-pyrrole nitrogens is 1. The summed E-state index contributed by atoms with van der Waals surface area (Å²) in [5.74, 6) is -0.221. The lowest BCUT2D eigenvalue weighted by Gasteiger charge is -1.97. The monoisotopic (exact) mass is 207 g/mol. The molecule has 3 rings (SSSR count). The first-order valence-corrected chi connectivity index (χ1v) is 5.06. The maximum absolute atomic E-state index is 12.9. The van der Waals surface area contributed by atoms with E-state index in [1.807, 2.05) is 0 Å². The molecule has 0 bridgehead atoms. The zero-order valence-electron chi connectivity index (χ0n) is 7.13. The lowest BCUT2D eigenvalue weighted by Crippen LogP contribution is -1.93. The first-order valence-electron chi connectivity index (χ1n) is 4.25. The largest absolute Gasteiger partial charge is 0.312 e. The molecule has 0 fully saturated rings. The van der Waals surface area contributed by atoms with Crippen LogP contribution in [0.4, 0.5) is 4.39 Å². The summed E-state index contributed by atoms with van der Waals surface area (Å²) in [5.41, 5.74) is 2.79. The topological polar surface area (TPSA) is 32.9 Å². The number of aromatic amines is 1. The lowest BCUT2D eigenvalue weighted by atomic mass is 10.1. The summed E-state index contributed by atoms with van der Waals surface area (Å²) in [6, 6.07) is 4.67. The molecule has 0 saturated carbocycles. The summed E-state index contributed by atoms with van der Waals surface area (Å²) in [6.45, 7) is 0. The fourth-order valence-electron chi connectivity index (χ4n) is 1.83. The molecule has 1 aromatic carbocycles. The van der Waals surface area contributed by atoms with Crippen molar-refractivity contribution < 1.29 is 4.39 Å². The molecule has 0 aliphatic heterocycles. The average Bonchev–Trinajstić information content (AvgIpc) is 2.59. The molecule has 0 atom stereocenters. The summed E-state index contributed by atoms with van der Waals surface area (Å²) in [7, 11) is 0. The van der Waals surface area contributed by atoms with Crippen LogP contribution in [0.5, 0.6) is 0 Å². The predicted octanol–water partition coefficient (Wildman–Crippen LogP) is 2.15. The molecule has 0 spiro atoms. The molecule has 70 valence electrons. The Balaban J connectivity index is 2.30. The Morgan fingerprint density at radius 2 is 2.29 bits per heavy atom. The fraction of sp³-hybridized carbons (Fsp3) is 0.100. The van der Waals surface area contributed by atoms with Gasteiger partial charge in [0.15, 0.2) is 0 Å². The van der Waals surface area contributed by atoms with Gasteiger partial charge in [-0.2, -0.15) is 0 Å². The van der Waals surface area contributed by atoms with Gasteiger partial charge in [0, 0.05) is 16.9 Å². The van der Waals surface area contributed by atoms with E-state index in [0.717, 1.165) is 21.7 Å². The molecular formula is C10H6FNOS. The number of halogens is 1. The molecule has 1 aromatic heterocycles. The number of aromatic nitrogens is 1. The molecule has 0 radical (unpaired) electrons. The Kier molecular flexibility index (Phi) is 1.44. The standard InChI is InChI=1S/C10H6FNOS/c11-6-1-2-7-5(3-6)4-8-9(7)12-10(13)14-8/h1-3H,4H2,(H,12,13). The van der Waals surface area contributed by atoms with Gasteiger partial charge in [-0.1, -0.05) is 11.3 Å². The van der Waals surface area contributed by atoms with Gasteiger partial charge in [-0.3, -0.25) is 4.79 Å². The van der Waals surface area contributed by atoms with Crippen LogP contribution in [0.2, 0.25) is 0 Å². The minimum Gasteiger partial charge on any atom is -0.312 e. The Morgan fingerprint density at radius 3 is 3.14 bits per heavy atom. The van der Waals surface area contributed by atoms with E-state index in [9.17, 15) is 9.18 Å². The van der Waals surface area contributed by atoms with Gasteiger partial charge in [0.2, 0.25) is 0 Å². The van der Waals surface area contributed by atoms with Crippen molar-refractivity contribution in [2.75, 3.05) is 0 Å². The second-order valence-corrected chi connectivity index (χ2v) is 4.36. The quantitative estimate of drug-likeness (QED) is 0.602. The van der Waals surface area contributed by atoms with Crippen molar-refractivity contribution in [3.05, 3.63) is 44.1 Å². The van der Waals surface area contributed by atoms with E-state index in [-0.39, 0.29) is 10.7 Å². The van der Waals surface area contributed by atoms with Crippen LogP contribution in [0.3, 0.4) is 0 Å². The summed E-state index contributed by atoms with van der Waals surface area (Å²) in [4.78, 5) is 14.8. The van der Waals surface area contributed by atoms with Crippen LogP contribution in [-0.4, -0.2) is 4.98 Å². The van der Waals surface area contributed by atoms with Crippen molar-refractivity contribution >= 4 is 11.3 Å². The highest BCUT2D eigenvalue weighted by Gasteiger charge is 2.21. The summed E-state index contributed by atoms with van der Waals surface area (Å²) >= 11 is 1.21. The molecule has 14 heavy (non-hydrogen) atoms. The first kappa shape index (κ1) is 7.94. The molecule has 2 aromatic rings. The summed E-state index contributed by atoms with van der Waals surface area (Å²) in [5, 5.41) is 0. The van der Waals surface area contributed by atoms with Crippen LogP contribution in [0.15, 0.2) is 23.0 Å². The molecule has 4 heteroatoms. The lowest BCUT2D eigenvalue weighted by molar-refractivity contribution is 0.626. The third kappa shape index (κ3) is 0.974. The van der Waals surface area contributed by atoms with E-state index in [1.54, 1.807) is 6.07 Å². The van der Waals surface area contributed by atoms with Crippen LogP contribution >= 0.6 is 11.3 Å². The molecule has 0 saturated heterocycles. The first-order chi connectivity index (χ1) is 6.74. The second kappa shape index (κ2) is 2.54. The van der Waals surface area contributed by atoms with Crippen LogP contribution in [0.25, 0.3) is 11.3 Å². The van der Waals surface area contributed by atoms with Crippen LogP contribution in [0.1, 0.15) is 10.4 Å². The highest BCUT2D eigenvalue weighted by Crippen LogP contribution is 2.36. The SMILES string of the molecule is O=c1[nH]c2c(s1)Cc1cc(F)ccc1-2. The predicted molar refractivity (Wildman–Crippen MR) is 53.1 cm³/mol. The third-order valence-electron chi connectivity index (χ3n) is 2.41. The van der Waals surface area contributed by atoms with E-state index in [2.05, 4.69) is 4.98 Å². The Hall–Kier alpha value is -1.42. The van der Waals surface area contributed by atoms with Gasteiger partial charge < -0.3 is 4.98 Å². The zero-order valence-corrected chi connectivity index (χ0v) is 7.95. The van der Waals surface area contributed by atoms with Gasteiger partial charge in [0.1, 0.15) is 5.82 Å². The zero-order chi connectivity index (χ0) is 9.71. The van der Waals surface area contributed by atoms with Gasteiger partial charge >= 0.3 is 4.87 Å². The molecule has 1 aliphatic rings. The minimum absolute atomic E-state index is 0.0371. The van der Waals surface area contributed by atoms with E-state index < -0.39 is 0 Å². The number of hydrogen-bond donors (Lipinski definition) is 1. The number of hydrogen-bond acceptors (Lipinski definition) is 2. The molecule has 0 amide bonds. The average molecular weight is 207 g/mol. The smallest absolute Gasteiger partial charge is 0.305 e. The van der Waals surface area contributed by atoms with Crippen LogP contribution in [-0.2, 0) is 6.42 Å². The third-order valence-corrected chi connectivity index (χ3v) is 3.29. The van der Waals surface area contributed by atoms with Crippen LogP contribution in [0, 0.1) is 5.82 Å². The van der Waals surface area contributed by atoms with Crippen molar-refractivity contribution in [3.8, 4) is 11.3 Å². The Bertz CT molecular complexity index is 570. The fourth-order valence-corrected chi connectivity index (χ4v) is 2.70. The number of thiazole rings is 1. The van der Waals surface area contributed by atoms with E-state index >= 15 is 0 Å². The Morgan fingerprint density at radius 1 is 1.43 bits per heavy atom. The molecular weight excluding hydrogens is 201 g/mol. The molecule has 0 unspecified atom stereocenters. The molecule has 1 heterocycles. The van der Waals surface area contributed by atoms with E-state index in [1.165, 1.54) is 23.5 Å². The van der Waals surface area contributed by atoms with Gasteiger partial charge in [-0.15, -0.1) is 0 Å². The normalized spacial score (nSPS) is 12.6. The maximum atomic E-state index is 12.9. The minimum atomic E-state index is -0.221. The van der Waals surface area contributed by atoms with Gasteiger partial charge in [-0.05, 0) is 23.8 Å². The number of fused-ring (bicyclic) bond motifs is 3. The van der Waals surface area contributed by atoms with Crippen molar-refractivity contribution in [2.24, 2.45) is 0 Å². The highest BCUT2D eigenvalue weighted by molar-refractivity contribution is 7.09. The second-order valence-electron chi connectivity index (χ2n) is 3.29. The molecule has 1 N–H and O–H groups in total. The molecule has 2 nitrogen and oxygen atoms in total. The van der Waals surface area contributed by atoms with Gasteiger partial charge in [0.25, 0.3) is 0 Å². The van der Waals surface area contributed by atoms with Crippen molar-refractivity contribution in [2.45, 2.75) is 6.42 Å². The number of benzene rings is 1. The molecule has 1 aliphatic carbocycles. The Labute approximate surface area is 83.0 Å². The number of nitrogens with one attached hydrogen (secondary N) is 1. The van der Waals surface area contributed by atoms with Crippen molar-refractivity contribution in [3.63, 3.8) is 0 Å². The van der Waals surface area contributed by atoms with E-state index in [4.69, 9.17) is 0 Å². The maximum Gasteiger partial charge on any atom is 0.305 e. The van der Waals surface area contributed by atoms with E-state index in [0.29, 0.717) is 6.42 Å². The number of rotatable bonds is 0. The highest BCUT2D eigenvalue weighted by atomic mass is 32.1.